The topological polar surface area (TPSA) is 57.1 Å². The van der Waals surface area contributed by atoms with Gasteiger partial charge in [0.1, 0.15) is 0 Å². The van der Waals surface area contributed by atoms with Gasteiger partial charge in [-0.3, -0.25) is 8.97 Å². The highest BCUT2D eigenvalue weighted by Gasteiger charge is 2.20. The third-order valence-electron chi connectivity index (χ3n) is 8.98. The first kappa shape index (κ1) is 25.3. The molecule has 6 nitrogen and oxygen atoms in total. The van der Waals surface area contributed by atoms with Crippen molar-refractivity contribution in [3.63, 3.8) is 0 Å². The number of hydrogen-bond donors (Lipinski definition) is 0. The summed E-state index contributed by atoms with van der Waals surface area (Å²) >= 11 is 1.50. The molecule has 4 heterocycles. The second kappa shape index (κ2) is 9.47. The van der Waals surface area contributed by atoms with Crippen LogP contribution in [-0.4, -0.2) is 23.5 Å². The minimum Gasteiger partial charge on any atom is -0.309 e. The van der Waals surface area contributed by atoms with E-state index in [0.717, 1.165) is 48.8 Å². The van der Waals surface area contributed by atoms with Gasteiger partial charge in [0.05, 0.1) is 32.3 Å². The van der Waals surface area contributed by atoms with E-state index in [1.807, 2.05) is 28.7 Å². The fourth-order valence-electron chi connectivity index (χ4n) is 7.01. The maximum Gasteiger partial charge on any atom is 0.373 e. The molecule has 0 amide bonds. The number of benzene rings is 6. The van der Waals surface area contributed by atoms with Crippen molar-refractivity contribution in [1.29, 1.82) is 0 Å². The molecule has 0 unspecified atom stereocenters. The van der Waals surface area contributed by atoms with Gasteiger partial charge in [0.15, 0.2) is 0 Å². The molecule has 0 saturated heterocycles. The largest absolute Gasteiger partial charge is 0.373 e. The van der Waals surface area contributed by atoms with Gasteiger partial charge < -0.3 is 4.57 Å². The first-order valence-corrected chi connectivity index (χ1v) is 16.0. The van der Waals surface area contributed by atoms with Crippen molar-refractivity contribution in [1.82, 2.24) is 23.5 Å². The zero-order valence-corrected chi connectivity index (χ0v) is 25.1. The van der Waals surface area contributed by atoms with Gasteiger partial charge in [-0.25, -0.2) is 4.79 Å². The van der Waals surface area contributed by atoms with Gasteiger partial charge in [0.2, 0.25) is 10.9 Å². The van der Waals surface area contributed by atoms with E-state index in [9.17, 15) is 4.79 Å². The van der Waals surface area contributed by atoms with Crippen LogP contribution < -0.4 is 5.69 Å². The number of para-hydroxylation sites is 4. The van der Waals surface area contributed by atoms with Gasteiger partial charge in [-0.15, -0.1) is 0 Å². The first-order chi connectivity index (χ1) is 22.7. The molecule has 0 aliphatic carbocycles. The van der Waals surface area contributed by atoms with Crippen LogP contribution in [0.2, 0.25) is 0 Å². The van der Waals surface area contributed by atoms with E-state index in [4.69, 9.17) is 0 Å². The fraction of sp³-hybridized carbons (Fsp3) is 0. The number of thiazole rings is 1. The summed E-state index contributed by atoms with van der Waals surface area (Å²) in [5.74, 6) is 0.543. The number of aromatic nitrogens is 5. The minimum absolute atomic E-state index is 0.493. The number of nitrogens with zero attached hydrogens (tertiary/aromatic N) is 5. The van der Waals surface area contributed by atoms with Crippen molar-refractivity contribution in [3.05, 3.63) is 150 Å². The van der Waals surface area contributed by atoms with Crippen LogP contribution in [0, 0.1) is 0 Å². The Balaban J connectivity index is 1.22. The Kier molecular flexibility index (Phi) is 5.21. The molecule has 0 N–H and O–H groups in total. The van der Waals surface area contributed by atoms with E-state index in [0.29, 0.717) is 10.9 Å². The normalized spacial score (nSPS) is 12.0. The average Bonchev–Trinajstić information content (AvgIpc) is 3.75. The summed E-state index contributed by atoms with van der Waals surface area (Å²) in [6.45, 7) is 0. The van der Waals surface area contributed by atoms with Crippen molar-refractivity contribution >= 4 is 70.1 Å². The molecule has 0 saturated carbocycles. The highest BCUT2D eigenvalue weighted by atomic mass is 32.1. The zero-order valence-electron chi connectivity index (χ0n) is 24.3. The number of hydrogen-bond acceptors (Lipinski definition) is 4. The van der Waals surface area contributed by atoms with Crippen LogP contribution in [0.5, 0.6) is 0 Å². The number of rotatable bonds is 3. The molecule has 0 fully saturated rings. The lowest BCUT2D eigenvalue weighted by Crippen LogP contribution is -2.18. The molecule has 0 aliphatic heterocycles. The summed E-state index contributed by atoms with van der Waals surface area (Å²) in [6, 6.07) is 48.9. The van der Waals surface area contributed by atoms with Gasteiger partial charge in [-0.05, 0) is 71.8 Å². The summed E-state index contributed by atoms with van der Waals surface area (Å²) < 4.78 is 7.48. The molecule has 6 aromatic carbocycles. The van der Waals surface area contributed by atoms with Crippen LogP contribution in [0.1, 0.15) is 0 Å². The predicted molar refractivity (Wildman–Crippen MR) is 189 cm³/mol. The molecule has 0 radical (unpaired) electrons. The van der Waals surface area contributed by atoms with Gasteiger partial charge in [-0.2, -0.15) is 9.97 Å². The van der Waals surface area contributed by atoms with E-state index < -0.39 is 5.69 Å². The van der Waals surface area contributed by atoms with Crippen LogP contribution in [0.4, 0.5) is 0 Å². The van der Waals surface area contributed by atoms with Gasteiger partial charge in [0, 0.05) is 27.2 Å². The van der Waals surface area contributed by atoms with Crippen molar-refractivity contribution in [2.75, 3.05) is 0 Å². The van der Waals surface area contributed by atoms with Crippen molar-refractivity contribution in [3.8, 4) is 22.8 Å². The zero-order chi connectivity index (χ0) is 30.4. The first-order valence-electron chi connectivity index (χ1n) is 15.1. The van der Waals surface area contributed by atoms with E-state index in [1.165, 1.54) is 33.1 Å². The standard InChI is InChI=1S/C39H23N5OS/c45-37-40-38(44-35-16-8-9-17-36(35)46-39(44)41-37)43-32-15-7-5-13-28(32)30-23-25(19-21-34(30)43)24-18-20-33-29(22-24)27-12-4-6-14-31(27)42(33)26-10-2-1-3-11-26/h1-23H. The SMILES string of the molecule is O=c1nc(-n2c3ccccc3c3cc(-c4ccc5c(c4)c4ccccc4n5-c4ccccc4)ccc32)n2c(n1)sc1ccccc12. The molecule has 0 spiro atoms. The molecule has 10 aromatic rings. The summed E-state index contributed by atoms with van der Waals surface area (Å²) in [6.07, 6.45) is 0. The Morgan fingerprint density at radius 3 is 1.72 bits per heavy atom. The Bertz CT molecular complexity index is 2890. The van der Waals surface area contributed by atoms with Crippen LogP contribution >= 0.6 is 11.3 Å². The molecule has 216 valence electrons. The van der Waals surface area contributed by atoms with Gasteiger partial charge in [-0.1, -0.05) is 90.2 Å². The van der Waals surface area contributed by atoms with Crippen LogP contribution in [-0.2, 0) is 0 Å². The maximum absolute atomic E-state index is 12.8. The second-order valence-electron chi connectivity index (χ2n) is 11.5. The lowest BCUT2D eigenvalue weighted by atomic mass is 10.0. The molecule has 0 aliphatic rings. The second-order valence-corrected chi connectivity index (χ2v) is 12.5. The average molecular weight is 610 g/mol. The fourth-order valence-corrected chi connectivity index (χ4v) is 8.01. The summed E-state index contributed by atoms with van der Waals surface area (Å²) in [5.41, 5.74) is 8.22. The Morgan fingerprint density at radius 2 is 1.02 bits per heavy atom. The monoisotopic (exact) mass is 609 g/mol. The Hall–Kier alpha value is -6.05. The van der Waals surface area contributed by atoms with Crippen LogP contribution in [0.3, 0.4) is 0 Å². The van der Waals surface area contributed by atoms with E-state index in [-0.39, 0.29) is 0 Å². The minimum atomic E-state index is -0.493. The summed E-state index contributed by atoms with van der Waals surface area (Å²) in [5, 5.41) is 4.63. The van der Waals surface area contributed by atoms with Crippen molar-refractivity contribution < 1.29 is 0 Å². The molecule has 46 heavy (non-hydrogen) atoms. The molecular formula is C39H23N5OS. The summed E-state index contributed by atoms with van der Waals surface area (Å²) in [4.78, 5) is 22.2. The highest BCUT2D eigenvalue weighted by molar-refractivity contribution is 7.23. The molecule has 0 bridgehead atoms. The van der Waals surface area contributed by atoms with Gasteiger partial charge >= 0.3 is 5.69 Å². The van der Waals surface area contributed by atoms with E-state index >= 15 is 0 Å². The van der Waals surface area contributed by atoms with E-state index in [2.05, 4.69) is 134 Å². The van der Waals surface area contributed by atoms with Crippen molar-refractivity contribution in [2.24, 2.45) is 0 Å². The number of fused-ring (bicyclic) bond motifs is 9. The molecule has 4 aromatic heterocycles. The molecule has 0 atom stereocenters. The Morgan fingerprint density at radius 1 is 0.478 bits per heavy atom. The molecule has 10 rings (SSSR count). The van der Waals surface area contributed by atoms with Crippen LogP contribution in [0.25, 0.3) is 81.6 Å². The summed E-state index contributed by atoms with van der Waals surface area (Å²) in [7, 11) is 0. The lowest BCUT2D eigenvalue weighted by Gasteiger charge is -2.10. The quantitative estimate of drug-likeness (QED) is 0.201. The maximum atomic E-state index is 12.8. The van der Waals surface area contributed by atoms with Crippen molar-refractivity contribution in [2.45, 2.75) is 0 Å². The van der Waals surface area contributed by atoms with Gasteiger partial charge in [0.25, 0.3) is 0 Å². The molecule has 7 heteroatoms. The highest BCUT2D eigenvalue weighted by Crippen LogP contribution is 2.38. The Labute approximate surface area is 265 Å². The van der Waals surface area contributed by atoms with E-state index in [1.54, 1.807) is 0 Å². The van der Waals surface area contributed by atoms with Crippen LogP contribution in [0.15, 0.2) is 144 Å². The lowest BCUT2D eigenvalue weighted by molar-refractivity contribution is 0.906. The third-order valence-corrected chi connectivity index (χ3v) is 10.0. The smallest absolute Gasteiger partial charge is 0.309 e. The third kappa shape index (κ3) is 3.54. The molecular weight excluding hydrogens is 587 g/mol. The predicted octanol–water partition coefficient (Wildman–Crippen LogP) is 9.17.